The van der Waals surface area contributed by atoms with E-state index in [-0.39, 0.29) is 0 Å². The molecule has 0 saturated carbocycles. The van der Waals surface area contributed by atoms with Gasteiger partial charge in [0.15, 0.2) is 5.76 Å². The lowest BCUT2D eigenvalue weighted by atomic mass is 9.99. The number of aromatic nitrogens is 1. The van der Waals surface area contributed by atoms with Gasteiger partial charge in [0.25, 0.3) is 0 Å². The maximum Gasteiger partial charge on any atom is 0.151 e. The van der Waals surface area contributed by atoms with E-state index in [4.69, 9.17) is 4.52 Å². The van der Waals surface area contributed by atoms with Crippen molar-refractivity contribution in [2.75, 3.05) is 32.7 Å². The first-order valence-corrected chi connectivity index (χ1v) is 7.96. The van der Waals surface area contributed by atoms with Gasteiger partial charge in [0.1, 0.15) is 0 Å². The highest BCUT2D eigenvalue weighted by Crippen LogP contribution is 2.22. The molecule has 0 radical (unpaired) electrons. The molecule has 0 aliphatic carbocycles. The highest BCUT2D eigenvalue weighted by molar-refractivity contribution is 5.05. The average Bonchev–Trinajstić information content (AvgIpc) is 2.92. The molecule has 2 saturated heterocycles. The Morgan fingerprint density at radius 3 is 3.20 bits per heavy atom. The molecule has 5 heteroatoms. The molecule has 2 aliphatic rings. The summed E-state index contributed by atoms with van der Waals surface area (Å²) in [6, 6.07) is 2.86. The first-order chi connectivity index (χ1) is 9.85. The molecule has 1 N–H and O–H groups in total. The largest absolute Gasteiger partial charge is 0.360 e. The Morgan fingerprint density at radius 1 is 1.35 bits per heavy atom. The number of nitrogens with zero attached hydrogens (tertiary/aromatic N) is 3. The van der Waals surface area contributed by atoms with E-state index in [1.54, 1.807) is 0 Å². The molecular weight excluding hydrogens is 252 g/mol. The van der Waals surface area contributed by atoms with Gasteiger partial charge < -0.3 is 9.84 Å². The van der Waals surface area contributed by atoms with Crippen LogP contribution in [0.2, 0.25) is 0 Å². The van der Waals surface area contributed by atoms with Crippen LogP contribution in [0, 0.1) is 0 Å². The van der Waals surface area contributed by atoms with Crippen LogP contribution in [0.1, 0.15) is 37.6 Å². The molecule has 0 spiro atoms. The summed E-state index contributed by atoms with van der Waals surface area (Å²) in [5.41, 5.74) is 1.01. The third-order valence-corrected chi connectivity index (χ3v) is 4.46. The Labute approximate surface area is 121 Å². The first-order valence-electron chi connectivity index (χ1n) is 7.96. The normalized spacial score (nSPS) is 24.8. The molecule has 0 aromatic carbocycles. The quantitative estimate of drug-likeness (QED) is 0.883. The summed E-state index contributed by atoms with van der Waals surface area (Å²) in [7, 11) is 0. The van der Waals surface area contributed by atoms with Gasteiger partial charge in [-0.15, -0.1) is 0 Å². The molecule has 3 rings (SSSR count). The fourth-order valence-electron chi connectivity index (χ4n) is 3.35. The lowest BCUT2D eigenvalue weighted by Crippen LogP contribution is -2.54. The van der Waals surface area contributed by atoms with Crippen LogP contribution in [-0.4, -0.2) is 53.7 Å². The van der Waals surface area contributed by atoms with Crippen LogP contribution >= 0.6 is 0 Å². The number of fused-ring (bicyclic) bond motifs is 1. The van der Waals surface area contributed by atoms with Gasteiger partial charge in [0.2, 0.25) is 0 Å². The number of piperazine rings is 1. The molecule has 2 aliphatic heterocycles. The minimum absolute atomic E-state index is 0.765. The van der Waals surface area contributed by atoms with Crippen molar-refractivity contribution in [2.45, 2.75) is 45.3 Å². The second-order valence-electron chi connectivity index (χ2n) is 5.99. The van der Waals surface area contributed by atoms with Crippen LogP contribution in [0.3, 0.4) is 0 Å². The van der Waals surface area contributed by atoms with Gasteiger partial charge in [-0.1, -0.05) is 18.5 Å². The van der Waals surface area contributed by atoms with E-state index in [0.717, 1.165) is 43.7 Å². The molecule has 1 atom stereocenters. The predicted octanol–water partition coefficient (Wildman–Crippen LogP) is 1.45. The Kier molecular flexibility index (Phi) is 4.70. The summed E-state index contributed by atoms with van der Waals surface area (Å²) in [4.78, 5) is 5.18. The van der Waals surface area contributed by atoms with Gasteiger partial charge in [-0.25, -0.2) is 0 Å². The summed E-state index contributed by atoms with van der Waals surface area (Å²) in [6.45, 7) is 9.62. The molecule has 0 bridgehead atoms. The molecule has 20 heavy (non-hydrogen) atoms. The average molecular weight is 278 g/mol. The molecule has 3 heterocycles. The van der Waals surface area contributed by atoms with Crippen LogP contribution in [0.4, 0.5) is 0 Å². The van der Waals surface area contributed by atoms with E-state index in [1.165, 1.54) is 38.9 Å². The minimum Gasteiger partial charge on any atom is -0.360 e. The van der Waals surface area contributed by atoms with E-state index in [2.05, 4.69) is 33.3 Å². The monoisotopic (exact) mass is 278 g/mol. The molecule has 1 aromatic rings. The van der Waals surface area contributed by atoms with Crippen molar-refractivity contribution in [3.8, 4) is 0 Å². The number of hydrogen-bond donors (Lipinski definition) is 1. The molecule has 2 fully saturated rings. The van der Waals surface area contributed by atoms with Crippen LogP contribution in [0.5, 0.6) is 0 Å². The van der Waals surface area contributed by atoms with E-state index in [1.807, 2.05) is 0 Å². The van der Waals surface area contributed by atoms with Crippen LogP contribution < -0.4 is 5.32 Å². The van der Waals surface area contributed by atoms with Gasteiger partial charge in [-0.3, -0.25) is 9.80 Å². The summed E-state index contributed by atoms with van der Waals surface area (Å²) >= 11 is 0. The van der Waals surface area contributed by atoms with Crippen molar-refractivity contribution in [3.05, 3.63) is 17.5 Å². The van der Waals surface area contributed by atoms with Crippen molar-refractivity contribution in [1.29, 1.82) is 0 Å². The number of piperidine rings is 1. The van der Waals surface area contributed by atoms with Crippen molar-refractivity contribution in [2.24, 2.45) is 0 Å². The molecule has 5 nitrogen and oxygen atoms in total. The standard InChI is InChI=1S/C15H26N4O/c1-2-16-10-13-9-15(20-17-13)12-18-7-8-19-6-4-3-5-14(19)11-18/h9,14,16H,2-8,10-12H2,1H3. The van der Waals surface area contributed by atoms with Gasteiger partial charge >= 0.3 is 0 Å². The van der Waals surface area contributed by atoms with Gasteiger partial charge in [0.05, 0.1) is 12.2 Å². The van der Waals surface area contributed by atoms with Gasteiger partial charge in [0, 0.05) is 38.3 Å². The summed E-state index contributed by atoms with van der Waals surface area (Å²) in [5.74, 6) is 1.00. The minimum atomic E-state index is 0.765. The highest BCUT2D eigenvalue weighted by atomic mass is 16.5. The second kappa shape index (κ2) is 6.70. The van der Waals surface area contributed by atoms with Crippen LogP contribution in [0.25, 0.3) is 0 Å². The highest BCUT2D eigenvalue weighted by Gasteiger charge is 2.29. The van der Waals surface area contributed by atoms with Crippen LogP contribution in [-0.2, 0) is 13.1 Å². The lowest BCUT2D eigenvalue weighted by Gasteiger charge is -2.43. The lowest BCUT2D eigenvalue weighted by molar-refractivity contribution is 0.0417. The molecular formula is C15H26N4O. The Hall–Kier alpha value is -0.910. The van der Waals surface area contributed by atoms with Gasteiger partial charge in [-0.2, -0.15) is 0 Å². The van der Waals surface area contributed by atoms with Crippen molar-refractivity contribution >= 4 is 0 Å². The Morgan fingerprint density at radius 2 is 2.30 bits per heavy atom. The third kappa shape index (κ3) is 3.40. The van der Waals surface area contributed by atoms with E-state index in [9.17, 15) is 0 Å². The third-order valence-electron chi connectivity index (χ3n) is 4.46. The van der Waals surface area contributed by atoms with E-state index < -0.39 is 0 Å². The maximum atomic E-state index is 5.46. The smallest absolute Gasteiger partial charge is 0.151 e. The Balaban J connectivity index is 1.51. The molecule has 112 valence electrons. The number of rotatable bonds is 5. The zero-order valence-corrected chi connectivity index (χ0v) is 12.5. The summed E-state index contributed by atoms with van der Waals surface area (Å²) in [5, 5.41) is 7.40. The van der Waals surface area contributed by atoms with Crippen molar-refractivity contribution in [1.82, 2.24) is 20.3 Å². The zero-order chi connectivity index (χ0) is 13.8. The topological polar surface area (TPSA) is 44.5 Å². The number of nitrogens with one attached hydrogen (secondary N) is 1. The fourth-order valence-corrected chi connectivity index (χ4v) is 3.35. The summed E-state index contributed by atoms with van der Waals surface area (Å²) in [6.07, 6.45) is 4.13. The van der Waals surface area contributed by atoms with Gasteiger partial charge in [-0.05, 0) is 25.9 Å². The maximum absolute atomic E-state index is 5.46. The predicted molar refractivity (Wildman–Crippen MR) is 78.4 cm³/mol. The molecule has 1 aromatic heterocycles. The second-order valence-corrected chi connectivity index (χ2v) is 5.99. The van der Waals surface area contributed by atoms with Crippen LogP contribution in [0.15, 0.2) is 10.6 Å². The Bertz CT molecular complexity index is 420. The fraction of sp³-hybridized carbons (Fsp3) is 0.800. The molecule has 1 unspecified atom stereocenters. The first kappa shape index (κ1) is 14.0. The summed E-state index contributed by atoms with van der Waals surface area (Å²) < 4.78 is 5.46. The van der Waals surface area contributed by atoms with E-state index >= 15 is 0 Å². The number of hydrogen-bond acceptors (Lipinski definition) is 5. The SMILES string of the molecule is CCNCc1cc(CN2CCN3CCCCC3C2)on1. The zero-order valence-electron chi connectivity index (χ0n) is 12.5. The van der Waals surface area contributed by atoms with E-state index in [0.29, 0.717) is 0 Å². The van der Waals surface area contributed by atoms with Crippen molar-refractivity contribution in [3.63, 3.8) is 0 Å². The molecule has 0 amide bonds. The van der Waals surface area contributed by atoms with Crippen molar-refractivity contribution < 1.29 is 4.52 Å².